The van der Waals surface area contributed by atoms with Crippen LogP contribution in [0.25, 0.3) is 0 Å². The summed E-state index contributed by atoms with van der Waals surface area (Å²) in [7, 11) is 0. The number of rotatable bonds is 2. The molecule has 80 valence electrons. The molecular weight excluding hydrogens is 198 g/mol. The van der Waals surface area contributed by atoms with Crippen LogP contribution in [0.5, 0.6) is 0 Å². The topological polar surface area (TPSA) is 123 Å². The fourth-order valence-corrected chi connectivity index (χ4v) is 1.06. The average Bonchev–Trinajstić information content (AvgIpc) is 2.26. The van der Waals surface area contributed by atoms with Crippen LogP contribution >= 0.6 is 0 Å². The highest BCUT2D eigenvalue weighted by Gasteiger charge is 2.17. The molecule has 0 saturated heterocycles. The fraction of sp³-hybridized carbons (Fsp3) is 0.125. The number of amides is 2. The maximum Gasteiger partial charge on any atom is 0.284 e. The Morgan fingerprint density at radius 1 is 1.20 bits per heavy atom. The maximum absolute atomic E-state index is 11.3. The van der Waals surface area contributed by atoms with Gasteiger partial charge in [-0.25, -0.2) is 16.7 Å². The summed E-state index contributed by atoms with van der Waals surface area (Å²) < 4.78 is 0. The van der Waals surface area contributed by atoms with Crippen LogP contribution in [-0.2, 0) is 0 Å². The fourth-order valence-electron chi connectivity index (χ4n) is 1.06. The molecule has 15 heavy (non-hydrogen) atoms. The Balaban J connectivity index is 3.26. The van der Waals surface area contributed by atoms with Crippen molar-refractivity contribution >= 4 is 11.8 Å². The predicted octanol–water partition coefficient (Wildman–Crippen LogP) is -1.40. The summed E-state index contributed by atoms with van der Waals surface area (Å²) in [4.78, 5) is 26.5. The molecule has 0 spiro atoms. The first kappa shape index (κ1) is 11.1. The maximum atomic E-state index is 11.3. The standard InChI is InChI=1S/C8H11N5O2/c1-4-2-3-5(7(14)12-9)6(11-4)8(15)13-10/h2-3H,9-10H2,1H3,(H,12,14)(H,13,15). The van der Waals surface area contributed by atoms with E-state index in [4.69, 9.17) is 11.7 Å². The molecule has 0 aliphatic rings. The summed E-state index contributed by atoms with van der Waals surface area (Å²) >= 11 is 0. The number of aryl methyl sites for hydroxylation is 1. The summed E-state index contributed by atoms with van der Waals surface area (Å²) in [5, 5.41) is 0. The molecule has 1 heterocycles. The largest absolute Gasteiger partial charge is 0.290 e. The van der Waals surface area contributed by atoms with Crippen molar-refractivity contribution in [1.29, 1.82) is 0 Å². The Morgan fingerprint density at radius 2 is 1.80 bits per heavy atom. The van der Waals surface area contributed by atoms with Crippen LogP contribution < -0.4 is 22.5 Å². The van der Waals surface area contributed by atoms with E-state index in [-0.39, 0.29) is 11.3 Å². The van der Waals surface area contributed by atoms with E-state index < -0.39 is 11.8 Å². The highest BCUT2D eigenvalue weighted by atomic mass is 16.2. The summed E-state index contributed by atoms with van der Waals surface area (Å²) in [6.07, 6.45) is 0. The number of aromatic nitrogens is 1. The minimum atomic E-state index is -0.641. The summed E-state index contributed by atoms with van der Waals surface area (Å²) in [6.45, 7) is 1.69. The zero-order valence-corrected chi connectivity index (χ0v) is 8.07. The molecule has 0 aliphatic heterocycles. The van der Waals surface area contributed by atoms with Crippen molar-refractivity contribution in [2.24, 2.45) is 11.7 Å². The van der Waals surface area contributed by atoms with Crippen LogP contribution in [0.2, 0.25) is 0 Å². The lowest BCUT2D eigenvalue weighted by Crippen LogP contribution is -2.36. The molecule has 0 aromatic carbocycles. The lowest BCUT2D eigenvalue weighted by Gasteiger charge is -2.06. The van der Waals surface area contributed by atoms with Crippen molar-refractivity contribution in [3.05, 3.63) is 29.1 Å². The third-order valence-corrected chi connectivity index (χ3v) is 1.76. The average molecular weight is 209 g/mol. The number of nitrogens with zero attached hydrogens (tertiary/aromatic N) is 1. The summed E-state index contributed by atoms with van der Waals surface area (Å²) in [5.41, 5.74) is 4.45. The molecule has 1 rings (SSSR count). The second-order valence-corrected chi connectivity index (χ2v) is 2.80. The van der Waals surface area contributed by atoms with Crippen molar-refractivity contribution in [3.8, 4) is 0 Å². The third-order valence-electron chi connectivity index (χ3n) is 1.76. The minimum absolute atomic E-state index is 0.0551. The number of hydrogen-bond acceptors (Lipinski definition) is 5. The Bertz CT molecular complexity index is 404. The number of nitrogens with two attached hydrogens (primary N) is 2. The predicted molar refractivity (Wildman–Crippen MR) is 52.3 cm³/mol. The molecule has 0 saturated carbocycles. The first-order chi connectivity index (χ1) is 7.10. The number of pyridine rings is 1. The van der Waals surface area contributed by atoms with E-state index in [9.17, 15) is 9.59 Å². The van der Waals surface area contributed by atoms with E-state index in [0.29, 0.717) is 5.69 Å². The lowest BCUT2D eigenvalue weighted by atomic mass is 10.1. The van der Waals surface area contributed by atoms with E-state index in [1.807, 2.05) is 10.9 Å². The van der Waals surface area contributed by atoms with Gasteiger partial charge in [0.05, 0.1) is 5.56 Å². The van der Waals surface area contributed by atoms with Crippen molar-refractivity contribution < 1.29 is 9.59 Å². The van der Waals surface area contributed by atoms with Gasteiger partial charge in [-0.1, -0.05) is 0 Å². The van der Waals surface area contributed by atoms with Gasteiger partial charge >= 0.3 is 0 Å². The molecule has 0 atom stereocenters. The van der Waals surface area contributed by atoms with Crippen LogP contribution in [0.1, 0.15) is 26.5 Å². The van der Waals surface area contributed by atoms with Gasteiger partial charge in [-0.3, -0.25) is 20.4 Å². The van der Waals surface area contributed by atoms with E-state index in [0.717, 1.165) is 0 Å². The molecule has 1 aromatic rings. The first-order valence-corrected chi connectivity index (χ1v) is 4.09. The van der Waals surface area contributed by atoms with Gasteiger partial charge in [0, 0.05) is 5.69 Å². The second-order valence-electron chi connectivity index (χ2n) is 2.80. The second kappa shape index (κ2) is 4.49. The van der Waals surface area contributed by atoms with Crippen molar-refractivity contribution in [2.75, 3.05) is 0 Å². The van der Waals surface area contributed by atoms with Crippen LogP contribution in [0, 0.1) is 6.92 Å². The normalized spacial score (nSPS) is 9.53. The van der Waals surface area contributed by atoms with Gasteiger partial charge in [0.25, 0.3) is 11.8 Å². The summed E-state index contributed by atoms with van der Waals surface area (Å²) in [5.74, 6) is 8.69. The molecule has 2 amide bonds. The van der Waals surface area contributed by atoms with E-state index in [1.165, 1.54) is 6.07 Å². The number of hydrazine groups is 2. The van der Waals surface area contributed by atoms with Gasteiger partial charge < -0.3 is 0 Å². The number of hydrogen-bond donors (Lipinski definition) is 4. The monoisotopic (exact) mass is 209 g/mol. The van der Waals surface area contributed by atoms with Crippen molar-refractivity contribution in [1.82, 2.24) is 15.8 Å². The lowest BCUT2D eigenvalue weighted by molar-refractivity contribution is 0.0915. The Hall–Kier alpha value is -1.99. The highest BCUT2D eigenvalue weighted by Crippen LogP contribution is 2.07. The van der Waals surface area contributed by atoms with E-state index in [1.54, 1.807) is 13.0 Å². The minimum Gasteiger partial charge on any atom is -0.290 e. The molecule has 0 bridgehead atoms. The first-order valence-electron chi connectivity index (χ1n) is 4.09. The van der Waals surface area contributed by atoms with Crippen LogP contribution in [0.4, 0.5) is 0 Å². The molecule has 1 aromatic heterocycles. The SMILES string of the molecule is Cc1ccc(C(=O)NN)c(C(=O)NN)n1. The zero-order valence-electron chi connectivity index (χ0n) is 8.07. The van der Waals surface area contributed by atoms with E-state index >= 15 is 0 Å². The van der Waals surface area contributed by atoms with Gasteiger partial charge in [-0.15, -0.1) is 0 Å². The third kappa shape index (κ3) is 2.27. The van der Waals surface area contributed by atoms with Gasteiger partial charge in [0.1, 0.15) is 5.69 Å². The molecule has 0 radical (unpaired) electrons. The van der Waals surface area contributed by atoms with Gasteiger partial charge in [0.2, 0.25) is 0 Å². The molecule has 7 nitrogen and oxygen atoms in total. The number of nitrogens with one attached hydrogen (secondary N) is 2. The Morgan fingerprint density at radius 3 is 2.33 bits per heavy atom. The van der Waals surface area contributed by atoms with E-state index in [2.05, 4.69) is 4.98 Å². The molecule has 0 unspecified atom stereocenters. The van der Waals surface area contributed by atoms with Gasteiger partial charge in [0.15, 0.2) is 0 Å². The molecule has 6 N–H and O–H groups in total. The Labute approximate surface area is 85.8 Å². The van der Waals surface area contributed by atoms with Crippen molar-refractivity contribution in [2.45, 2.75) is 6.92 Å². The van der Waals surface area contributed by atoms with Crippen LogP contribution in [-0.4, -0.2) is 16.8 Å². The molecule has 7 heteroatoms. The highest BCUT2D eigenvalue weighted by molar-refractivity contribution is 6.05. The number of nitrogen functional groups attached to an aromatic ring is 2. The Kier molecular flexibility index (Phi) is 3.32. The number of carbonyl (C=O) groups is 2. The summed E-state index contributed by atoms with van der Waals surface area (Å²) in [6, 6.07) is 3.05. The quantitative estimate of drug-likeness (QED) is 0.271. The smallest absolute Gasteiger partial charge is 0.284 e. The molecule has 0 aliphatic carbocycles. The number of carbonyl (C=O) groups excluding carboxylic acids is 2. The van der Waals surface area contributed by atoms with Crippen LogP contribution in [0.15, 0.2) is 12.1 Å². The van der Waals surface area contributed by atoms with Gasteiger partial charge in [-0.2, -0.15) is 0 Å². The molecule has 0 fully saturated rings. The van der Waals surface area contributed by atoms with Crippen LogP contribution in [0.3, 0.4) is 0 Å². The van der Waals surface area contributed by atoms with Gasteiger partial charge in [-0.05, 0) is 19.1 Å². The van der Waals surface area contributed by atoms with Crippen molar-refractivity contribution in [3.63, 3.8) is 0 Å². The molecular formula is C8H11N5O2. The zero-order chi connectivity index (χ0) is 11.4.